The van der Waals surface area contributed by atoms with Crippen molar-refractivity contribution >= 4 is 11.9 Å². The molecule has 0 aromatic heterocycles. The van der Waals surface area contributed by atoms with Gasteiger partial charge in [0.25, 0.3) is 0 Å². The maximum absolute atomic E-state index is 5.59. The van der Waals surface area contributed by atoms with E-state index in [0.29, 0.717) is 13.2 Å². The summed E-state index contributed by atoms with van der Waals surface area (Å²) in [7, 11) is 0. The maximum atomic E-state index is 5.59. The average Bonchev–Trinajstić information content (AvgIpc) is 2.51. The molecule has 2 aromatic carbocycles. The first kappa shape index (κ1) is 14.9. The largest absolute Gasteiger partial charge is 0.490 e. The number of nitrogens with zero attached hydrogens (tertiary/aromatic N) is 1. The molecule has 4 heteroatoms. The molecule has 0 atom stereocenters. The summed E-state index contributed by atoms with van der Waals surface area (Å²) in [6.07, 6.45) is 1.76. The van der Waals surface area contributed by atoms with Gasteiger partial charge in [0.15, 0.2) is 11.5 Å². The minimum atomic E-state index is 0.600. The van der Waals surface area contributed by atoms with Gasteiger partial charge in [0.05, 0.1) is 25.1 Å². The molecule has 0 bridgehead atoms. The van der Waals surface area contributed by atoms with E-state index in [4.69, 9.17) is 9.47 Å². The first-order valence-corrected chi connectivity index (χ1v) is 7.07. The number of rotatable bonds is 7. The van der Waals surface area contributed by atoms with Crippen LogP contribution in [0.25, 0.3) is 0 Å². The highest BCUT2D eigenvalue weighted by molar-refractivity contribution is 5.81. The molecule has 0 heterocycles. The Balaban J connectivity index is 2.07. The van der Waals surface area contributed by atoms with Gasteiger partial charge in [-0.15, -0.1) is 0 Å². The van der Waals surface area contributed by atoms with Crippen LogP contribution in [0.15, 0.2) is 53.6 Å². The molecule has 0 unspecified atom stereocenters. The van der Waals surface area contributed by atoms with E-state index < -0.39 is 0 Å². The lowest BCUT2D eigenvalue weighted by Crippen LogP contribution is -1.99. The first-order chi connectivity index (χ1) is 10.3. The lowest BCUT2D eigenvalue weighted by Gasteiger charge is -2.11. The topological polar surface area (TPSA) is 42.8 Å². The van der Waals surface area contributed by atoms with Crippen LogP contribution < -0.4 is 14.9 Å². The number of ether oxygens (including phenoxy) is 2. The molecule has 2 rings (SSSR count). The van der Waals surface area contributed by atoms with Crippen LogP contribution in [-0.2, 0) is 0 Å². The number of para-hydroxylation sites is 1. The average molecular weight is 284 g/mol. The summed E-state index contributed by atoms with van der Waals surface area (Å²) in [5.41, 5.74) is 4.88. The van der Waals surface area contributed by atoms with Crippen LogP contribution in [0.1, 0.15) is 19.4 Å². The Morgan fingerprint density at radius 2 is 1.67 bits per heavy atom. The number of hydrogen-bond acceptors (Lipinski definition) is 4. The summed E-state index contributed by atoms with van der Waals surface area (Å²) < 4.78 is 11.1. The number of hydrazone groups is 1. The molecule has 0 saturated carbocycles. The fourth-order valence-electron chi connectivity index (χ4n) is 1.84. The quantitative estimate of drug-likeness (QED) is 0.619. The normalized spacial score (nSPS) is 10.6. The van der Waals surface area contributed by atoms with Crippen LogP contribution in [0.4, 0.5) is 5.69 Å². The first-order valence-electron chi connectivity index (χ1n) is 7.07. The molecule has 21 heavy (non-hydrogen) atoms. The summed E-state index contributed by atoms with van der Waals surface area (Å²) in [5.74, 6) is 1.50. The molecule has 0 spiro atoms. The van der Waals surface area contributed by atoms with E-state index in [1.807, 2.05) is 62.4 Å². The molecule has 0 aliphatic rings. The van der Waals surface area contributed by atoms with Crippen molar-refractivity contribution in [2.24, 2.45) is 5.10 Å². The van der Waals surface area contributed by atoms with Gasteiger partial charge in [-0.2, -0.15) is 5.10 Å². The Hall–Kier alpha value is -2.49. The molecule has 1 N–H and O–H groups in total. The predicted octanol–water partition coefficient (Wildman–Crippen LogP) is 3.93. The lowest BCUT2D eigenvalue weighted by atomic mass is 10.2. The van der Waals surface area contributed by atoms with Crippen molar-refractivity contribution in [1.29, 1.82) is 0 Å². The molecule has 0 saturated heterocycles. The summed E-state index contributed by atoms with van der Waals surface area (Å²) in [5, 5.41) is 4.22. The number of hydrogen-bond donors (Lipinski definition) is 1. The third-order valence-electron chi connectivity index (χ3n) is 2.75. The molecule has 2 aromatic rings. The molecular weight excluding hydrogens is 264 g/mol. The van der Waals surface area contributed by atoms with E-state index in [1.165, 1.54) is 0 Å². The third kappa shape index (κ3) is 4.53. The van der Waals surface area contributed by atoms with Gasteiger partial charge in [0, 0.05) is 0 Å². The number of benzene rings is 2. The van der Waals surface area contributed by atoms with Crippen LogP contribution in [0.3, 0.4) is 0 Å². The van der Waals surface area contributed by atoms with E-state index >= 15 is 0 Å². The van der Waals surface area contributed by atoms with Crippen LogP contribution in [0.2, 0.25) is 0 Å². The van der Waals surface area contributed by atoms with Gasteiger partial charge < -0.3 is 9.47 Å². The van der Waals surface area contributed by atoms with Gasteiger partial charge in [-0.25, -0.2) is 0 Å². The molecular formula is C17H20N2O2. The zero-order valence-electron chi connectivity index (χ0n) is 12.4. The van der Waals surface area contributed by atoms with Crippen molar-refractivity contribution in [1.82, 2.24) is 0 Å². The van der Waals surface area contributed by atoms with Gasteiger partial charge in [-0.05, 0) is 49.7 Å². The van der Waals surface area contributed by atoms with Crippen molar-refractivity contribution in [2.75, 3.05) is 18.6 Å². The maximum Gasteiger partial charge on any atom is 0.161 e. The minimum absolute atomic E-state index is 0.600. The van der Waals surface area contributed by atoms with E-state index in [0.717, 1.165) is 22.7 Å². The molecule has 110 valence electrons. The third-order valence-corrected chi connectivity index (χ3v) is 2.75. The summed E-state index contributed by atoms with van der Waals surface area (Å²) >= 11 is 0. The summed E-state index contributed by atoms with van der Waals surface area (Å²) in [4.78, 5) is 0. The highest BCUT2D eigenvalue weighted by Crippen LogP contribution is 2.28. The summed E-state index contributed by atoms with van der Waals surface area (Å²) in [6, 6.07) is 15.6. The van der Waals surface area contributed by atoms with E-state index in [1.54, 1.807) is 6.21 Å². The second-order valence-electron chi connectivity index (χ2n) is 4.31. The van der Waals surface area contributed by atoms with Crippen molar-refractivity contribution in [3.05, 3.63) is 54.1 Å². The zero-order valence-corrected chi connectivity index (χ0v) is 12.4. The van der Waals surface area contributed by atoms with Crippen molar-refractivity contribution in [2.45, 2.75) is 13.8 Å². The molecule has 0 amide bonds. The Kier molecular flexibility index (Phi) is 5.64. The van der Waals surface area contributed by atoms with Crippen LogP contribution in [0, 0.1) is 0 Å². The number of anilines is 1. The Labute approximate surface area is 125 Å². The fraction of sp³-hybridized carbons (Fsp3) is 0.235. The second-order valence-corrected chi connectivity index (χ2v) is 4.31. The molecule has 0 fully saturated rings. The Morgan fingerprint density at radius 3 is 2.38 bits per heavy atom. The summed E-state index contributed by atoms with van der Waals surface area (Å²) in [6.45, 7) is 5.12. The Bertz CT molecular complexity index is 583. The van der Waals surface area contributed by atoms with E-state index in [9.17, 15) is 0 Å². The zero-order chi connectivity index (χ0) is 14.9. The fourth-order valence-corrected chi connectivity index (χ4v) is 1.84. The van der Waals surface area contributed by atoms with Gasteiger partial charge in [0.1, 0.15) is 0 Å². The second kappa shape index (κ2) is 7.94. The smallest absolute Gasteiger partial charge is 0.161 e. The molecule has 0 aliphatic heterocycles. The van der Waals surface area contributed by atoms with E-state index in [2.05, 4.69) is 10.5 Å². The monoisotopic (exact) mass is 284 g/mol. The van der Waals surface area contributed by atoms with E-state index in [-0.39, 0.29) is 0 Å². The van der Waals surface area contributed by atoms with Crippen molar-refractivity contribution in [3.8, 4) is 11.5 Å². The van der Waals surface area contributed by atoms with Gasteiger partial charge in [-0.3, -0.25) is 5.43 Å². The number of nitrogens with one attached hydrogen (secondary N) is 1. The predicted molar refractivity (Wildman–Crippen MR) is 86.4 cm³/mol. The molecule has 0 radical (unpaired) electrons. The highest BCUT2D eigenvalue weighted by Gasteiger charge is 2.04. The standard InChI is InChI=1S/C17H20N2O2/c1-3-20-16-11-10-14(12-17(16)21-4-2)13-18-19-15-8-6-5-7-9-15/h5-13,19H,3-4H2,1-2H3. The van der Waals surface area contributed by atoms with Gasteiger partial charge >= 0.3 is 0 Å². The lowest BCUT2D eigenvalue weighted by molar-refractivity contribution is 0.288. The minimum Gasteiger partial charge on any atom is -0.490 e. The highest BCUT2D eigenvalue weighted by atomic mass is 16.5. The molecule has 4 nitrogen and oxygen atoms in total. The van der Waals surface area contributed by atoms with Crippen molar-refractivity contribution < 1.29 is 9.47 Å². The van der Waals surface area contributed by atoms with Crippen LogP contribution >= 0.6 is 0 Å². The SMILES string of the molecule is CCOc1ccc(C=NNc2ccccc2)cc1OCC. The van der Waals surface area contributed by atoms with Crippen molar-refractivity contribution in [3.63, 3.8) is 0 Å². The van der Waals surface area contributed by atoms with Gasteiger partial charge in [-0.1, -0.05) is 18.2 Å². The van der Waals surface area contributed by atoms with Crippen LogP contribution in [-0.4, -0.2) is 19.4 Å². The molecule has 0 aliphatic carbocycles. The van der Waals surface area contributed by atoms with Gasteiger partial charge in [0.2, 0.25) is 0 Å². The van der Waals surface area contributed by atoms with Crippen LogP contribution in [0.5, 0.6) is 11.5 Å². The Morgan fingerprint density at radius 1 is 0.952 bits per heavy atom.